The van der Waals surface area contributed by atoms with Crippen molar-refractivity contribution < 1.29 is 9.69 Å². The van der Waals surface area contributed by atoms with Crippen LogP contribution in [0.25, 0.3) is 10.2 Å². The van der Waals surface area contributed by atoms with Gasteiger partial charge in [-0.1, -0.05) is 29.5 Å². The molecule has 1 aromatic heterocycles. The number of hydrogen-bond acceptors (Lipinski definition) is 4. The molecule has 0 saturated carbocycles. The van der Waals surface area contributed by atoms with Crippen LogP contribution < -0.4 is 9.80 Å². The van der Waals surface area contributed by atoms with Crippen molar-refractivity contribution in [2.24, 2.45) is 0 Å². The minimum Gasteiger partial charge on any atom is -0.338 e. The highest BCUT2D eigenvalue weighted by Crippen LogP contribution is 2.33. The van der Waals surface area contributed by atoms with Crippen molar-refractivity contribution in [3.05, 3.63) is 53.1 Å². The minimum absolute atomic E-state index is 0.0228. The van der Waals surface area contributed by atoms with Crippen molar-refractivity contribution in [1.29, 1.82) is 0 Å². The van der Waals surface area contributed by atoms with Crippen LogP contribution in [0.4, 0.5) is 5.13 Å². The van der Waals surface area contributed by atoms with E-state index in [0.717, 1.165) is 32.4 Å². The lowest BCUT2D eigenvalue weighted by Crippen LogP contribution is -3.06. The highest BCUT2D eigenvalue weighted by Gasteiger charge is 2.24. The molecule has 0 radical (unpaired) electrons. The standard InChI is InChI=1S/C21H25N3OS2/c1-14-12-15(2)19-17(13-14)22-21(27-19)24(11-10-23(3)4)20(25)16-8-6-7-9-18(16)26-5/h6-9,12-13H,10-11H2,1-5H3/p+1. The Hall–Kier alpha value is -1.89. The van der Waals surface area contributed by atoms with Crippen molar-refractivity contribution >= 4 is 44.4 Å². The summed E-state index contributed by atoms with van der Waals surface area (Å²) < 4.78 is 1.16. The van der Waals surface area contributed by atoms with Crippen LogP contribution in [0.15, 0.2) is 41.3 Å². The third-order valence-corrected chi connectivity index (χ3v) is 6.48. The van der Waals surface area contributed by atoms with E-state index >= 15 is 0 Å². The van der Waals surface area contributed by atoms with Crippen LogP contribution in [-0.4, -0.2) is 44.3 Å². The molecule has 0 aliphatic heterocycles. The van der Waals surface area contributed by atoms with Gasteiger partial charge in [-0.2, -0.15) is 0 Å². The molecule has 0 aliphatic carbocycles. The van der Waals surface area contributed by atoms with Crippen LogP contribution in [0, 0.1) is 13.8 Å². The summed E-state index contributed by atoms with van der Waals surface area (Å²) in [7, 11) is 4.20. The minimum atomic E-state index is 0.0228. The summed E-state index contributed by atoms with van der Waals surface area (Å²) in [5.74, 6) is 0.0228. The fourth-order valence-electron chi connectivity index (χ4n) is 3.07. The second kappa shape index (κ2) is 8.42. The van der Waals surface area contributed by atoms with E-state index in [-0.39, 0.29) is 5.91 Å². The van der Waals surface area contributed by atoms with Crippen molar-refractivity contribution in [3.63, 3.8) is 0 Å². The fourth-order valence-corrected chi connectivity index (χ4v) is 4.70. The highest BCUT2D eigenvalue weighted by molar-refractivity contribution is 7.98. The third kappa shape index (κ3) is 4.34. The molecule has 2 aromatic carbocycles. The number of quaternary nitrogens is 1. The number of amides is 1. The van der Waals surface area contributed by atoms with Crippen molar-refractivity contribution in [2.75, 3.05) is 38.3 Å². The number of anilines is 1. The molecule has 1 heterocycles. The summed E-state index contributed by atoms with van der Waals surface area (Å²) in [6, 6.07) is 12.1. The van der Waals surface area contributed by atoms with Gasteiger partial charge in [0.2, 0.25) is 0 Å². The van der Waals surface area contributed by atoms with E-state index < -0.39 is 0 Å². The molecular formula is C21H26N3OS2+. The Morgan fingerprint density at radius 3 is 2.67 bits per heavy atom. The topological polar surface area (TPSA) is 37.6 Å². The van der Waals surface area contributed by atoms with Gasteiger partial charge in [0, 0.05) is 4.90 Å². The summed E-state index contributed by atoms with van der Waals surface area (Å²) in [6.45, 7) is 5.69. The number of fused-ring (bicyclic) bond motifs is 1. The number of thioether (sulfide) groups is 1. The molecule has 3 rings (SSSR count). The van der Waals surface area contributed by atoms with Gasteiger partial charge in [0.05, 0.1) is 43.0 Å². The maximum absolute atomic E-state index is 13.4. The number of carbonyl (C=O) groups is 1. The second-order valence-electron chi connectivity index (χ2n) is 7.04. The Morgan fingerprint density at radius 1 is 1.22 bits per heavy atom. The predicted octanol–water partition coefficient (Wildman–Crippen LogP) is 3.43. The van der Waals surface area contributed by atoms with Gasteiger partial charge < -0.3 is 4.90 Å². The maximum atomic E-state index is 13.4. The lowest BCUT2D eigenvalue weighted by Gasteiger charge is -2.21. The van der Waals surface area contributed by atoms with E-state index in [4.69, 9.17) is 4.98 Å². The molecule has 0 atom stereocenters. The number of carbonyl (C=O) groups excluding carboxylic acids is 1. The average molecular weight is 401 g/mol. The molecule has 0 aliphatic rings. The Kier molecular flexibility index (Phi) is 6.19. The summed E-state index contributed by atoms with van der Waals surface area (Å²) in [6.07, 6.45) is 2.00. The first-order valence-electron chi connectivity index (χ1n) is 9.02. The number of hydrogen-bond donors (Lipinski definition) is 1. The predicted molar refractivity (Wildman–Crippen MR) is 117 cm³/mol. The first-order valence-corrected chi connectivity index (χ1v) is 11.1. The van der Waals surface area contributed by atoms with E-state index in [0.29, 0.717) is 6.54 Å². The number of aromatic nitrogens is 1. The molecule has 0 unspecified atom stereocenters. The van der Waals surface area contributed by atoms with E-state index in [2.05, 4.69) is 40.1 Å². The monoisotopic (exact) mass is 400 g/mol. The van der Waals surface area contributed by atoms with Crippen LogP contribution >= 0.6 is 23.1 Å². The lowest BCUT2D eigenvalue weighted by atomic mass is 10.1. The molecule has 0 spiro atoms. The largest absolute Gasteiger partial charge is 0.338 e. The first-order chi connectivity index (χ1) is 12.9. The van der Waals surface area contributed by atoms with Crippen LogP contribution in [0.3, 0.4) is 0 Å². The Morgan fingerprint density at radius 2 is 1.96 bits per heavy atom. The lowest BCUT2D eigenvalue weighted by molar-refractivity contribution is -0.856. The van der Waals surface area contributed by atoms with E-state index in [9.17, 15) is 4.79 Å². The Labute approximate surface area is 169 Å². The summed E-state index contributed by atoms with van der Waals surface area (Å²) in [5.41, 5.74) is 4.12. The van der Waals surface area contributed by atoms with Crippen molar-refractivity contribution in [1.82, 2.24) is 4.98 Å². The zero-order valence-corrected chi connectivity index (χ0v) is 18.1. The third-order valence-electron chi connectivity index (χ3n) is 4.46. The Balaban J connectivity index is 2.06. The molecule has 1 N–H and O–H groups in total. The van der Waals surface area contributed by atoms with E-state index in [1.807, 2.05) is 35.4 Å². The quantitative estimate of drug-likeness (QED) is 0.644. The number of aryl methyl sites for hydroxylation is 2. The SMILES string of the molecule is CSc1ccccc1C(=O)N(CC[NH+](C)C)c1nc2cc(C)cc(C)c2s1. The van der Waals surface area contributed by atoms with Gasteiger partial charge in [-0.25, -0.2) is 4.98 Å². The van der Waals surface area contributed by atoms with Crippen molar-refractivity contribution in [3.8, 4) is 0 Å². The van der Waals surface area contributed by atoms with Gasteiger partial charge in [-0.15, -0.1) is 11.8 Å². The second-order valence-corrected chi connectivity index (χ2v) is 8.87. The van der Waals surface area contributed by atoms with E-state index in [1.54, 1.807) is 23.1 Å². The number of thiazole rings is 1. The smallest absolute Gasteiger partial charge is 0.261 e. The highest BCUT2D eigenvalue weighted by atomic mass is 32.2. The number of nitrogens with one attached hydrogen (secondary N) is 1. The van der Waals surface area contributed by atoms with E-state index in [1.165, 1.54) is 16.0 Å². The van der Waals surface area contributed by atoms with Crippen LogP contribution in [0.5, 0.6) is 0 Å². The van der Waals surface area contributed by atoms with Crippen LogP contribution in [0.1, 0.15) is 21.5 Å². The molecule has 6 heteroatoms. The number of benzene rings is 2. The fraction of sp³-hybridized carbons (Fsp3) is 0.333. The van der Waals surface area contributed by atoms with Crippen LogP contribution in [0.2, 0.25) is 0 Å². The summed E-state index contributed by atoms with van der Waals surface area (Å²) >= 11 is 3.21. The normalized spacial score (nSPS) is 11.3. The summed E-state index contributed by atoms with van der Waals surface area (Å²) in [5, 5.41) is 0.779. The molecular weight excluding hydrogens is 374 g/mol. The summed E-state index contributed by atoms with van der Waals surface area (Å²) in [4.78, 5) is 22.4. The molecule has 27 heavy (non-hydrogen) atoms. The molecule has 1 amide bonds. The average Bonchev–Trinajstić information content (AvgIpc) is 3.05. The van der Waals surface area contributed by atoms with Gasteiger partial charge in [0.25, 0.3) is 5.91 Å². The maximum Gasteiger partial charge on any atom is 0.261 e. The van der Waals surface area contributed by atoms with Gasteiger partial charge in [0.15, 0.2) is 5.13 Å². The molecule has 0 fully saturated rings. The van der Waals surface area contributed by atoms with Crippen molar-refractivity contribution in [2.45, 2.75) is 18.7 Å². The zero-order chi connectivity index (χ0) is 19.6. The first kappa shape index (κ1) is 19.9. The van der Waals surface area contributed by atoms with Gasteiger partial charge >= 0.3 is 0 Å². The van der Waals surface area contributed by atoms with Gasteiger partial charge in [-0.05, 0) is 49.4 Å². The molecule has 0 bridgehead atoms. The number of nitrogens with zero attached hydrogens (tertiary/aromatic N) is 2. The zero-order valence-electron chi connectivity index (χ0n) is 16.5. The molecule has 3 aromatic rings. The molecule has 142 valence electrons. The van der Waals surface area contributed by atoms with Gasteiger partial charge in [-0.3, -0.25) is 9.69 Å². The van der Waals surface area contributed by atoms with Gasteiger partial charge in [0.1, 0.15) is 0 Å². The Bertz CT molecular complexity index is 965. The number of likely N-dealkylation sites (N-methyl/N-ethyl adjacent to an activating group) is 1. The van der Waals surface area contributed by atoms with Crippen LogP contribution in [-0.2, 0) is 0 Å². The number of rotatable bonds is 6. The molecule has 0 saturated heterocycles. The molecule has 4 nitrogen and oxygen atoms in total.